The van der Waals surface area contributed by atoms with E-state index in [0.717, 1.165) is 31.7 Å². The summed E-state index contributed by atoms with van der Waals surface area (Å²) in [7, 11) is 0. The first-order valence-corrected chi connectivity index (χ1v) is 5.90. The second kappa shape index (κ2) is 4.00. The smallest absolute Gasteiger partial charge is 0.164 e. The summed E-state index contributed by atoms with van der Waals surface area (Å²) in [5, 5.41) is 3.29. The number of hydrogen-bond donors (Lipinski definition) is 1. The zero-order chi connectivity index (χ0) is 11.0. The third-order valence-electron chi connectivity index (χ3n) is 3.59. The van der Waals surface area contributed by atoms with Crippen LogP contribution in [0.25, 0.3) is 0 Å². The van der Waals surface area contributed by atoms with Crippen molar-refractivity contribution in [1.29, 1.82) is 0 Å². The molecule has 0 aromatic heterocycles. The van der Waals surface area contributed by atoms with Gasteiger partial charge in [-0.2, -0.15) is 0 Å². The highest BCUT2D eigenvalue weighted by molar-refractivity contribution is 5.97. The molecule has 0 saturated carbocycles. The van der Waals surface area contributed by atoms with Crippen molar-refractivity contribution in [2.75, 3.05) is 19.6 Å². The third-order valence-corrected chi connectivity index (χ3v) is 3.59. The lowest BCUT2D eigenvalue weighted by molar-refractivity contribution is 0.0944. The van der Waals surface area contributed by atoms with Gasteiger partial charge in [0, 0.05) is 44.2 Å². The van der Waals surface area contributed by atoms with Crippen LogP contribution in [0.15, 0.2) is 24.3 Å². The minimum absolute atomic E-state index is 0.297. The second-order valence-corrected chi connectivity index (χ2v) is 4.61. The van der Waals surface area contributed by atoms with E-state index in [-0.39, 0.29) is 0 Å². The first kappa shape index (κ1) is 10.00. The van der Waals surface area contributed by atoms with Gasteiger partial charge in [-0.25, -0.2) is 0 Å². The molecule has 0 aliphatic carbocycles. The summed E-state index contributed by atoms with van der Waals surface area (Å²) >= 11 is 0. The molecule has 0 spiro atoms. The largest absolute Gasteiger partial charge is 0.314 e. The maximum absolute atomic E-state index is 11.9. The van der Waals surface area contributed by atoms with Gasteiger partial charge in [0.05, 0.1) is 0 Å². The Balaban J connectivity index is 1.88. The highest BCUT2D eigenvalue weighted by atomic mass is 16.1. The van der Waals surface area contributed by atoms with E-state index < -0.39 is 0 Å². The van der Waals surface area contributed by atoms with Crippen molar-refractivity contribution in [3.05, 3.63) is 35.4 Å². The number of nitrogens with one attached hydrogen (secondary N) is 1. The summed E-state index contributed by atoms with van der Waals surface area (Å²) in [5.74, 6) is 0.297. The molecule has 1 N–H and O–H groups in total. The lowest BCUT2D eigenvalue weighted by Gasteiger charge is -2.37. The van der Waals surface area contributed by atoms with Gasteiger partial charge in [0.25, 0.3) is 0 Å². The molecule has 0 unspecified atom stereocenters. The van der Waals surface area contributed by atoms with Gasteiger partial charge in [-0.1, -0.05) is 24.3 Å². The number of nitrogens with zero attached hydrogens (tertiary/aromatic N) is 1. The van der Waals surface area contributed by atoms with Crippen LogP contribution in [0, 0.1) is 0 Å². The van der Waals surface area contributed by atoms with Crippen LogP contribution in [0.1, 0.15) is 22.3 Å². The van der Waals surface area contributed by atoms with E-state index in [0.29, 0.717) is 18.2 Å². The Bertz CT molecular complexity index is 412. The summed E-state index contributed by atoms with van der Waals surface area (Å²) < 4.78 is 0. The molecule has 0 radical (unpaired) electrons. The number of fused-ring (bicyclic) bond motifs is 1. The molecule has 3 rings (SSSR count). The van der Waals surface area contributed by atoms with Crippen molar-refractivity contribution in [1.82, 2.24) is 10.2 Å². The topological polar surface area (TPSA) is 32.3 Å². The molecule has 0 amide bonds. The third kappa shape index (κ3) is 1.66. The molecule has 0 bridgehead atoms. The van der Waals surface area contributed by atoms with Crippen molar-refractivity contribution in [3.63, 3.8) is 0 Å². The number of Topliss-reactive ketones (excluding diaryl/α,β-unsaturated/α-hetero) is 1. The maximum atomic E-state index is 11.9. The van der Waals surface area contributed by atoms with Crippen LogP contribution < -0.4 is 5.32 Å². The fourth-order valence-electron chi connectivity index (χ4n) is 2.45. The van der Waals surface area contributed by atoms with Gasteiger partial charge in [0.2, 0.25) is 0 Å². The zero-order valence-electron chi connectivity index (χ0n) is 9.28. The lowest BCUT2D eigenvalue weighted by atomic mass is 10.0. The van der Waals surface area contributed by atoms with Gasteiger partial charge >= 0.3 is 0 Å². The van der Waals surface area contributed by atoms with Gasteiger partial charge in [-0.05, 0) is 5.56 Å². The van der Waals surface area contributed by atoms with E-state index >= 15 is 0 Å². The highest BCUT2D eigenvalue weighted by Gasteiger charge is 2.28. The molecule has 3 nitrogen and oxygen atoms in total. The molecule has 3 heteroatoms. The number of carbonyl (C=O) groups excluding carboxylic acids is 1. The standard InChI is InChI=1S/C13H16N2O/c16-13-5-6-15(11-7-14-8-11)9-10-3-1-2-4-12(10)13/h1-4,11,14H,5-9H2. The van der Waals surface area contributed by atoms with Crippen molar-refractivity contribution in [2.45, 2.75) is 19.0 Å². The van der Waals surface area contributed by atoms with Gasteiger partial charge in [0.1, 0.15) is 0 Å². The van der Waals surface area contributed by atoms with Gasteiger partial charge in [-0.15, -0.1) is 0 Å². The van der Waals surface area contributed by atoms with Crippen molar-refractivity contribution >= 4 is 5.78 Å². The molecule has 1 aromatic rings. The molecule has 0 atom stereocenters. The number of ketones is 1. The average molecular weight is 216 g/mol. The van der Waals surface area contributed by atoms with Crippen LogP contribution in [-0.4, -0.2) is 36.4 Å². The molecular weight excluding hydrogens is 200 g/mol. The Morgan fingerprint density at radius 3 is 2.81 bits per heavy atom. The van der Waals surface area contributed by atoms with Crippen LogP contribution in [0.4, 0.5) is 0 Å². The SMILES string of the molecule is O=C1CCN(C2CNC2)Cc2ccccc21. The van der Waals surface area contributed by atoms with E-state index in [1.807, 2.05) is 18.2 Å². The van der Waals surface area contributed by atoms with Crippen molar-refractivity contribution in [3.8, 4) is 0 Å². The van der Waals surface area contributed by atoms with Crippen LogP contribution in [0.3, 0.4) is 0 Å². The Hall–Kier alpha value is -1.19. The van der Waals surface area contributed by atoms with E-state index in [9.17, 15) is 4.79 Å². The summed E-state index contributed by atoms with van der Waals surface area (Å²) in [5.41, 5.74) is 2.12. The van der Waals surface area contributed by atoms with Crippen LogP contribution in [-0.2, 0) is 6.54 Å². The number of rotatable bonds is 1. The van der Waals surface area contributed by atoms with Crippen molar-refractivity contribution < 1.29 is 4.79 Å². The molecule has 2 heterocycles. The molecule has 16 heavy (non-hydrogen) atoms. The summed E-state index contributed by atoms with van der Waals surface area (Å²) in [6.45, 7) is 3.96. The fraction of sp³-hybridized carbons (Fsp3) is 0.462. The van der Waals surface area contributed by atoms with Crippen LogP contribution >= 0.6 is 0 Å². The fourth-order valence-corrected chi connectivity index (χ4v) is 2.45. The number of benzene rings is 1. The number of hydrogen-bond acceptors (Lipinski definition) is 3. The predicted molar refractivity (Wildman–Crippen MR) is 62.5 cm³/mol. The Morgan fingerprint density at radius 2 is 2.06 bits per heavy atom. The molecule has 2 aliphatic heterocycles. The Labute approximate surface area is 95.4 Å². The first-order chi connectivity index (χ1) is 7.84. The summed E-state index contributed by atoms with van der Waals surface area (Å²) in [6, 6.07) is 8.64. The quantitative estimate of drug-likeness (QED) is 0.761. The second-order valence-electron chi connectivity index (χ2n) is 4.61. The Morgan fingerprint density at radius 1 is 1.25 bits per heavy atom. The van der Waals surface area contributed by atoms with Gasteiger partial charge in [0.15, 0.2) is 5.78 Å². The molecule has 1 saturated heterocycles. The maximum Gasteiger partial charge on any atom is 0.164 e. The predicted octanol–water partition coefficient (Wildman–Crippen LogP) is 1.05. The first-order valence-electron chi connectivity index (χ1n) is 5.90. The van der Waals surface area contributed by atoms with Gasteiger partial charge in [-0.3, -0.25) is 9.69 Å². The van der Waals surface area contributed by atoms with E-state index in [1.165, 1.54) is 5.56 Å². The van der Waals surface area contributed by atoms with Crippen LogP contribution in [0.2, 0.25) is 0 Å². The normalized spacial score (nSPS) is 22.4. The number of carbonyl (C=O) groups is 1. The molecule has 84 valence electrons. The molecule has 1 fully saturated rings. The monoisotopic (exact) mass is 216 g/mol. The van der Waals surface area contributed by atoms with E-state index in [4.69, 9.17) is 0 Å². The summed E-state index contributed by atoms with van der Waals surface area (Å²) in [6.07, 6.45) is 0.660. The average Bonchev–Trinajstić information content (AvgIpc) is 2.38. The Kier molecular flexibility index (Phi) is 2.50. The molecular formula is C13H16N2O. The van der Waals surface area contributed by atoms with E-state index in [2.05, 4.69) is 16.3 Å². The lowest BCUT2D eigenvalue weighted by Crippen LogP contribution is -2.56. The van der Waals surface area contributed by atoms with E-state index in [1.54, 1.807) is 0 Å². The minimum atomic E-state index is 0.297. The van der Waals surface area contributed by atoms with Crippen LogP contribution in [0.5, 0.6) is 0 Å². The van der Waals surface area contributed by atoms with Gasteiger partial charge < -0.3 is 5.32 Å². The zero-order valence-corrected chi connectivity index (χ0v) is 9.28. The van der Waals surface area contributed by atoms with Crippen molar-refractivity contribution in [2.24, 2.45) is 0 Å². The molecule has 2 aliphatic rings. The highest BCUT2D eigenvalue weighted by Crippen LogP contribution is 2.21. The minimum Gasteiger partial charge on any atom is -0.314 e. The summed E-state index contributed by atoms with van der Waals surface area (Å²) in [4.78, 5) is 14.4. The molecule has 1 aromatic carbocycles.